The van der Waals surface area contributed by atoms with Gasteiger partial charge in [0.1, 0.15) is 11.4 Å². The molecule has 6 heteroatoms. The molecule has 2 aromatic rings. The highest BCUT2D eigenvalue weighted by Gasteiger charge is 2.15. The molecule has 0 aliphatic heterocycles. The molecule has 2 rings (SSSR count). The largest absolute Gasteiger partial charge is 0.470 e. The summed E-state index contributed by atoms with van der Waals surface area (Å²) in [7, 11) is 1.91. The van der Waals surface area contributed by atoms with Crippen LogP contribution in [0.3, 0.4) is 0 Å². The van der Waals surface area contributed by atoms with Crippen LogP contribution in [0.1, 0.15) is 32.0 Å². The van der Waals surface area contributed by atoms with Gasteiger partial charge in [-0.3, -0.25) is 4.68 Å². The van der Waals surface area contributed by atoms with Crippen LogP contribution in [0.2, 0.25) is 0 Å². The topological polar surface area (TPSA) is 78.0 Å². The lowest BCUT2D eigenvalue weighted by Crippen LogP contribution is -2.24. The Morgan fingerprint density at radius 2 is 2.05 bits per heavy atom. The molecule has 2 heterocycles. The Morgan fingerprint density at radius 1 is 1.33 bits per heavy atom. The third-order valence-corrected chi connectivity index (χ3v) is 2.87. The number of nitrogen functional groups attached to an aromatic ring is 1. The van der Waals surface area contributed by atoms with Crippen LogP contribution in [-0.2, 0) is 13.6 Å². The molecule has 0 spiro atoms. The standard InChI is InChI=1S/C15H23N5O/c1-10-11(9-20(5)19-10)8-17-13-7-6-12(16)14(18-13)21-15(2,3)4/h6-7,9H,8,16H2,1-5H3,(H,17,18). The molecular weight excluding hydrogens is 266 g/mol. The Labute approximate surface area is 125 Å². The van der Waals surface area contributed by atoms with Gasteiger partial charge in [-0.25, -0.2) is 0 Å². The summed E-state index contributed by atoms with van der Waals surface area (Å²) in [5.41, 5.74) is 8.24. The predicted molar refractivity (Wildman–Crippen MR) is 84.3 cm³/mol. The average molecular weight is 289 g/mol. The second-order valence-electron chi connectivity index (χ2n) is 6.07. The molecule has 0 fully saturated rings. The highest BCUT2D eigenvalue weighted by Crippen LogP contribution is 2.25. The first kappa shape index (κ1) is 15.2. The summed E-state index contributed by atoms with van der Waals surface area (Å²) >= 11 is 0. The zero-order valence-electron chi connectivity index (χ0n) is 13.3. The van der Waals surface area contributed by atoms with Crippen molar-refractivity contribution in [3.05, 3.63) is 29.6 Å². The Kier molecular flexibility index (Phi) is 4.06. The molecule has 0 radical (unpaired) electrons. The van der Waals surface area contributed by atoms with E-state index in [1.807, 2.05) is 47.0 Å². The Balaban J connectivity index is 2.10. The maximum Gasteiger partial charge on any atom is 0.239 e. The van der Waals surface area contributed by atoms with Gasteiger partial charge in [0.15, 0.2) is 0 Å². The SMILES string of the molecule is Cc1nn(C)cc1CNc1ccc(N)c(OC(C)(C)C)n1. The minimum absolute atomic E-state index is 0.334. The zero-order valence-corrected chi connectivity index (χ0v) is 13.3. The number of ether oxygens (including phenoxy) is 1. The first-order valence-electron chi connectivity index (χ1n) is 6.93. The molecule has 0 amide bonds. The van der Waals surface area contributed by atoms with Crippen molar-refractivity contribution >= 4 is 11.5 Å². The number of nitrogens with one attached hydrogen (secondary N) is 1. The number of hydrogen-bond donors (Lipinski definition) is 2. The van der Waals surface area contributed by atoms with Gasteiger partial charge < -0.3 is 15.8 Å². The number of nitrogens with zero attached hydrogens (tertiary/aromatic N) is 3. The van der Waals surface area contributed by atoms with Crippen LogP contribution in [0.25, 0.3) is 0 Å². The van der Waals surface area contributed by atoms with Crippen molar-refractivity contribution in [2.24, 2.45) is 7.05 Å². The molecule has 0 aliphatic carbocycles. The second kappa shape index (κ2) is 5.63. The Bertz CT molecular complexity index is 627. The van der Waals surface area contributed by atoms with Gasteiger partial charge in [-0.15, -0.1) is 0 Å². The van der Waals surface area contributed by atoms with Crippen LogP contribution >= 0.6 is 0 Å². The number of aromatic nitrogens is 3. The van der Waals surface area contributed by atoms with Gasteiger partial charge in [0.2, 0.25) is 5.88 Å². The molecular formula is C15H23N5O. The van der Waals surface area contributed by atoms with E-state index in [9.17, 15) is 0 Å². The van der Waals surface area contributed by atoms with Crippen molar-refractivity contribution in [2.45, 2.75) is 39.8 Å². The summed E-state index contributed by atoms with van der Waals surface area (Å²) in [6.07, 6.45) is 1.99. The van der Waals surface area contributed by atoms with Gasteiger partial charge in [0.05, 0.1) is 11.4 Å². The fraction of sp³-hybridized carbons (Fsp3) is 0.467. The first-order chi connectivity index (χ1) is 9.74. The number of hydrogen-bond acceptors (Lipinski definition) is 5. The predicted octanol–water partition coefficient (Wildman–Crippen LogP) is 2.50. The van der Waals surface area contributed by atoms with E-state index in [2.05, 4.69) is 15.4 Å². The van der Waals surface area contributed by atoms with Crippen LogP contribution in [0, 0.1) is 6.92 Å². The van der Waals surface area contributed by atoms with Gasteiger partial charge in [-0.2, -0.15) is 10.1 Å². The van der Waals surface area contributed by atoms with Crippen molar-refractivity contribution in [1.82, 2.24) is 14.8 Å². The van der Waals surface area contributed by atoms with Crippen molar-refractivity contribution < 1.29 is 4.74 Å². The second-order valence-corrected chi connectivity index (χ2v) is 6.07. The quantitative estimate of drug-likeness (QED) is 0.904. The lowest BCUT2D eigenvalue weighted by molar-refractivity contribution is 0.125. The molecule has 2 aromatic heterocycles. The van der Waals surface area contributed by atoms with E-state index in [-0.39, 0.29) is 5.60 Å². The van der Waals surface area contributed by atoms with E-state index in [1.165, 1.54) is 0 Å². The number of rotatable bonds is 4. The molecule has 114 valence electrons. The van der Waals surface area contributed by atoms with Crippen molar-refractivity contribution in [1.29, 1.82) is 0 Å². The highest BCUT2D eigenvalue weighted by atomic mass is 16.5. The molecule has 6 nitrogen and oxygen atoms in total. The van der Waals surface area contributed by atoms with Crippen molar-refractivity contribution in [2.75, 3.05) is 11.1 Å². The van der Waals surface area contributed by atoms with Crippen LogP contribution in [0.4, 0.5) is 11.5 Å². The van der Waals surface area contributed by atoms with Gasteiger partial charge >= 0.3 is 0 Å². The fourth-order valence-electron chi connectivity index (χ4n) is 1.93. The number of aryl methyl sites for hydroxylation is 2. The maximum atomic E-state index is 5.90. The van der Waals surface area contributed by atoms with E-state index in [4.69, 9.17) is 10.5 Å². The molecule has 0 atom stereocenters. The van der Waals surface area contributed by atoms with Crippen LogP contribution < -0.4 is 15.8 Å². The van der Waals surface area contributed by atoms with Crippen LogP contribution in [-0.4, -0.2) is 20.4 Å². The number of anilines is 2. The first-order valence-corrected chi connectivity index (χ1v) is 6.93. The molecule has 0 saturated carbocycles. The van der Waals surface area contributed by atoms with E-state index in [0.717, 1.165) is 17.1 Å². The molecule has 3 N–H and O–H groups in total. The third kappa shape index (κ3) is 4.11. The summed E-state index contributed by atoms with van der Waals surface area (Å²) in [4.78, 5) is 4.42. The highest BCUT2D eigenvalue weighted by molar-refractivity contribution is 5.54. The molecule has 0 aliphatic rings. The summed E-state index contributed by atoms with van der Waals surface area (Å²) in [6.45, 7) is 8.54. The van der Waals surface area contributed by atoms with E-state index >= 15 is 0 Å². The summed E-state index contributed by atoms with van der Waals surface area (Å²) in [5.74, 6) is 1.18. The minimum atomic E-state index is -0.334. The number of nitrogens with two attached hydrogens (primary N) is 1. The van der Waals surface area contributed by atoms with E-state index < -0.39 is 0 Å². The van der Waals surface area contributed by atoms with Crippen molar-refractivity contribution in [3.8, 4) is 5.88 Å². The lowest BCUT2D eigenvalue weighted by atomic mass is 10.2. The minimum Gasteiger partial charge on any atom is -0.470 e. The van der Waals surface area contributed by atoms with Gasteiger partial charge in [0, 0.05) is 25.4 Å². The third-order valence-electron chi connectivity index (χ3n) is 2.87. The Hall–Kier alpha value is -2.24. The summed E-state index contributed by atoms with van der Waals surface area (Å²) in [5, 5.41) is 7.58. The van der Waals surface area contributed by atoms with Crippen LogP contribution in [0.15, 0.2) is 18.3 Å². The number of pyridine rings is 1. The normalized spacial score (nSPS) is 11.5. The van der Waals surface area contributed by atoms with Gasteiger partial charge in [0.25, 0.3) is 0 Å². The summed E-state index contributed by atoms with van der Waals surface area (Å²) < 4.78 is 7.56. The van der Waals surface area contributed by atoms with Crippen LogP contribution in [0.5, 0.6) is 5.88 Å². The molecule has 0 bridgehead atoms. The van der Waals surface area contributed by atoms with E-state index in [0.29, 0.717) is 18.1 Å². The maximum absolute atomic E-state index is 5.90. The summed E-state index contributed by atoms with van der Waals surface area (Å²) in [6, 6.07) is 3.64. The molecule has 0 unspecified atom stereocenters. The van der Waals surface area contributed by atoms with Crippen molar-refractivity contribution in [3.63, 3.8) is 0 Å². The van der Waals surface area contributed by atoms with E-state index in [1.54, 1.807) is 10.7 Å². The smallest absolute Gasteiger partial charge is 0.239 e. The van der Waals surface area contributed by atoms with Gasteiger partial charge in [-0.1, -0.05) is 0 Å². The monoisotopic (exact) mass is 289 g/mol. The molecule has 21 heavy (non-hydrogen) atoms. The molecule has 0 saturated heterocycles. The fourth-order valence-corrected chi connectivity index (χ4v) is 1.93. The molecule has 0 aromatic carbocycles. The zero-order chi connectivity index (χ0) is 15.6. The van der Waals surface area contributed by atoms with Gasteiger partial charge in [-0.05, 0) is 39.8 Å². The lowest BCUT2D eigenvalue weighted by Gasteiger charge is -2.21. The average Bonchev–Trinajstić information content (AvgIpc) is 2.67. The Morgan fingerprint density at radius 3 is 2.62 bits per heavy atom.